The maximum Gasteiger partial charge on any atom is 0.185 e. The van der Waals surface area contributed by atoms with Crippen molar-refractivity contribution in [2.24, 2.45) is 11.1 Å². The molecule has 102 valence electrons. The first-order chi connectivity index (χ1) is 8.60. The molecule has 0 aromatic carbocycles. The van der Waals surface area contributed by atoms with Gasteiger partial charge in [-0.05, 0) is 25.2 Å². The van der Waals surface area contributed by atoms with Crippen molar-refractivity contribution in [2.45, 2.75) is 52.5 Å². The number of hydrogen-bond donors (Lipinski definition) is 1. The number of nitrogens with two attached hydrogens (primary N) is 1. The van der Waals surface area contributed by atoms with Crippen molar-refractivity contribution in [3.63, 3.8) is 0 Å². The van der Waals surface area contributed by atoms with E-state index in [1.807, 2.05) is 13.1 Å². The van der Waals surface area contributed by atoms with Crippen LogP contribution in [0.5, 0.6) is 0 Å². The smallest absolute Gasteiger partial charge is 0.185 e. The average molecular weight is 267 g/mol. The second-order valence-electron chi connectivity index (χ2n) is 5.53. The summed E-state index contributed by atoms with van der Waals surface area (Å²) in [6.45, 7) is 8.97. The zero-order valence-electron chi connectivity index (χ0n) is 11.8. The van der Waals surface area contributed by atoms with Crippen molar-refractivity contribution >= 4 is 16.5 Å². The van der Waals surface area contributed by atoms with E-state index in [-0.39, 0.29) is 6.04 Å². The number of piperidine rings is 1. The molecular weight excluding hydrogens is 242 g/mol. The largest absolute Gasteiger partial charge is 0.348 e. The summed E-state index contributed by atoms with van der Waals surface area (Å²) < 4.78 is 0. The van der Waals surface area contributed by atoms with E-state index in [9.17, 15) is 0 Å². The van der Waals surface area contributed by atoms with Crippen LogP contribution in [0.4, 0.5) is 5.13 Å². The molecule has 1 atom stereocenters. The van der Waals surface area contributed by atoms with Gasteiger partial charge in [0.05, 0.1) is 0 Å². The molecule has 2 N–H and O–H groups in total. The third kappa shape index (κ3) is 2.69. The van der Waals surface area contributed by atoms with Crippen molar-refractivity contribution in [2.75, 3.05) is 18.0 Å². The number of rotatable bonds is 4. The van der Waals surface area contributed by atoms with Crippen LogP contribution in [0.2, 0.25) is 0 Å². The lowest BCUT2D eigenvalue weighted by molar-refractivity contribution is 0.199. The highest BCUT2D eigenvalue weighted by Gasteiger charge is 2.32. The standard InChI is InChI=1S/C14H25N3S/c1-4-14(5-2)6-8-17(9-7-14)13-16-10-12(18-13)11(3)15/h10-11H,4-9,15H2,1-3H3. The number of aromatic nitrogens is 1. The fourth-order valence-corrected chi connectivity index (χ4v) is 3.68. The minimum atomic E-state index is 0.103. The summed E-state index contributed by atoms with van der Waals surface area (Å²) in [5, 5.41) is 1.16. The van der Waals surface area contributed by atoms with Crippen LogP contribution in [0.15, 0.2) is 6.20 Å². The molecule has 4 heteroatoms. The van der Waals surface area contributed by atoms with Gasteiger partial charge in [0, 0.05) is 30.2 Å². The zero-order valence-corrected chi connectivity index (χ0v) is 12.6. The maximum absolute atomic E-state index is 5.89. The van der Waals surface area contributed by atoms with Crippen LogP contribution in [0.3, 0.4) is 0 Å². The summed E-state index contributed by atoms with van der Waals surface area (Å²) in [5.41, 5.74) is 6.48. The molecule has 0 saturated carbocycles. The molecule has 3 nitrogen and oxygen atoms in total. The molecule has 1 aromatic rings. The molecule has 1 fully saturated rings. The molecule has 1 aliphatic heterocycles. The topological polar surface area (TPSA) is 42.2 Å². The molecule has 0 spiro atoms. The SMILES string of the molecule is CCC1(CC)CCN(c2ncc(C(C)N)s2)CC1. The Morgan fingerprint density at radius 3 is 2.44 bits per heavy atom. The summed E-state index contributed by atoms with van der Waals surface area (Å²) in [7, 11) is 0. The van der Waals surface area contributed by atoms with Gasteiger partial charge < -0.3 is 10.6 Å². The number of nitrogens with zero attached hydrogens (tertiary/aromatic N) is 2. The fourth-order valence-electron chi connectivity index (χ4n) is 2.76. The highest BCUT2D eigenvalue weighted by molar-refractivity contribution is 7.15. The highest BCUT2D eigenvalue weighted by Crippen LogP contribution is 2.39. The Bertz CT molecular complexity index is 372. The van der Waals surface area contributed by atoms with Crippen LogP contribution in [0.25, 0.3) is 0 Å². The van der Waals surface area contributed by atoms with E-state index in [1.165, 1.54) is 30.6 Å². The van der Waals surface area contributed by atoms with Crippen LogP contribution < -0.4 is 10.6 Å². The Morgan fingerprint density at radius 1 is 1.39 bits per heavy atom. The van der Waals surface area contributed by atoms with Gasteiger partial charge in [0.1, 0.15) is 0 Å². The van der Waals surface area contributed by atoms with Crippen molar-refractivity contribution in [1.82, 2.24) is 4.98 Å². The summed E-state index contributed by atoms with van der Waals surface area (Å²) in [4.78, 5) is 8.14. The molecule has 18 heavy (non-hydrogen) atoms. The molecule has 1 saturated heterocycles. The maximum atomic E-state index is 5.89. The number of anilines is 1. The zero-order chi connectivity index (χ0) is 13.2. The normalized spacial score (nSPS) is 21.0. The fraction of sp³-hybridized carbons (Fsp3) is 0.786. The summed E-state index contributed by atoms with van der Waals surface area (Å²) in [6.07, 6.45) is 7.15. The number of hydrogen-bond acceptors (Lipinski definition) is 4. The van der Waals surface area contributed by atoms with Crippen molar-refractivity contribution in [3.05, 3.63) is 11.1 Å². The Balaban J connectivity index is 2.00. The third-order valence-corrected chi connectivity index (χ3v) is 5.81. The minimum Gasteiger partial charge on any atom is -0.348 e. The molecule has 2 rings (SSSR count). The van der Waals surface area contributed by atoms with Crippen LogP contribution in [0, 0.1) is 5.41 Å². The minimum absolute atomic E-state index is 0.103. The first-order valence-corrected chi connectivity index (χ1v) is 7.88. The van der Waals surface area contributed by atoms with Gasteiger partial charge in [0.2, 0.25) is 0 Å². The van der Waals surface area contributed by atoms with Gasteiger partial charge in [-0.1, -0.05) is 26.7 Å². The van der Waals surface area contributed by atoms with E-state index in [1.54, 1.807) is 11.3 Å². The van der Waals surface area contributed by atoms with Crippen LogP contribution in [0.1, 0.15) is 57.4 Å². The summed E-state index contributed by atoms with van der Waals surface area (Å²) >= 11 is 1.75. The Kier molecular flexibility index (Phi) is 4.28. The van der Waals surface area contributed by atoms with Crippen LogP contribution in [-0.2, 0) is 0 Å². The van der Waals surface area contributed by atoms with Crippen LogP contribution in [-0.4, -0.2) is 18.1 Å². The third-order valence-electron chi connectivity index (χ3n) is 4.55. The Morgan fingerprint density at radius 2 is 2.00 bits per heavy atom. The predicted molar refractivity (Wildman–Crippen MR) is 79.2 cm³/mol. The molecule has 0 radical (unpaired) electrons. The molecule has 0 amide bonds. The van der Waals surface area contributed by atoms with E-state index in [0.29, 0.717) is 5.41 Å². The lowest BCUT2D eigenvalue weighted by Gasteiger charge is -2.40. The Hall–Kier alpha value is -0.610. The first kappa shape index (κ1) is 13.8. The highest BCUT2D eigenvalue weighted by atomic mass is 32.1. The van der Waals surface area contributed by atoms with E-state index in [4.69, 9.17) is 5.73 Å². The van der Waals surface area contributed by atoms with Crippen molar-refractivity contribution in [1.29, 1.82) is 0 Å². The van der Waals surface area contributed by atoms with E-state index >= 15 is 0 Å². The molecule has 1 aromatic heterocycles. The van der Waals surface area contributed by atoms with E-state index in [2.05, 4.69) is 23.7 Å². The quantitative estimate of drug-likeness (QED) is 0.907. The second kappa shape index (κ2) is 5.57. The summed E-state index contributed by atoms with van der Waals surface area (Å²) in [6, 6.07) is 0.103. The van der Waals surface area contributed by atoms with Gasteiger partial charge >= 0.3 is 0 Å². The van der Waals surface area contributed by atoms with E-state index < -0.39 is 0 Å². The second-order valence-corrected chi connectivity index (χ2v) is 6.57. The van der Waals surface area contributed by atoms with Gasteiger partial charge in [-0.3, -0.25) is 0 Å². The van der Waals surface area contributed by atoms with Gasteiger partial charge in [0.15, 0.2) is 5.13 Å². The summed E-state index contributed by atoms with van der Waals surface area (Å²) in [5.74, 6) is 0. The predicted octanol–water partition coefficient (Wildman–Crippen LogP) is 3.57. The average Bonchev–Trinajstić information content (AvgIpc) is 2.88. The van der Waals surface area contributed by atoms with Gasteiger partial charge in [0.25, 0.3) is 0 Å². The molecule has 1 unspecified atom stereocenters. The van der Waals surface area contributed by atoms with Crippen molar-refractivity contribution < 1.29 is 0 Å². The van der Waals surface area contributed by atoms with Gasteiger partial charge in [-0.25, -0.2) is 4.98 Å². The lowest BCUT2D eigenvalue weighted by Crippen LogP contribution is -2.39. The Labute approximate surface area is 114 Å². The van der Waals surface area contributed by atoms with Crippen molar-refractivity contribution in [3.8, 4) is 0 Å². The first-order valence-electron chi connectivity index (χ1n) is 7.06. The molecule has 0 bridgehead atoms. The molecular formula is C14H25N3S. The van der Waals surface area contributed by atoms with Gasteiger partial charge in [-0.15, -0.1) is 11.3 Å². The van der Waals surface area contributed by atoms with Gasteiger partial charge in [-0.2, -0.15) is 0 Å². The number of thiazole rings is 1. The molecule has 0 aliphatic carbocycles. The lowest BCUT2D eigenvalue weighted by atomic mass is 9.74. The van der Waals surface area contributed by atoms with Crippen LogP contribution >= 0.6 is 11.3 Å². The molecule has 2 heterocycles. The monoisotopic (exact) mass is 267 g/mol. The molecule has 1 aliphatic rings. The van der Waals surface area contributed by atoms with E-state index in [0.717, 1.165) is 18.2 Å².